The Bertz CT molecular complexity index is 1410. The largest absolute Gasteiger partial charge is 0.478 e. The van der Waals surface area contributed by atoms with E-state index in [1.54, 1.807) is 37.9 Å². The van der Waals surface area contributed by atoms with E-state index in [2.05, 4.69) is 10.6 Å². The van der Waals surface area contributed by atoms with E-state index < -0.39 is 58.4 Å². The number of hydrogen-bond acceptors (Lipinski definition) is 6. The molecule has 0 aliphatic carbocycles. The molecule has 2 aromatic rings. The molecule has 14 heteroatoms. The Hall–Kier alpha value is -4.20. The lowest BCUT2D eigenvalue weighted by Crippen LogP contribution is -2.60. The SMILES string of the molecule is CNCCN1CN(c2ccc(C(=O)O)cc2)C2(CCN(C(=O)[C@H](NC(=O)c3cc(C(F)(F)F)ccc3F)C(C)C)CC2)C1=O. The Morgan fingerprint density at radius 3 is 2.23 bits per heavy atom. The molecule has 2 saturated heterocycles. The monoisotopic (exact) mass is 621 g/mol. The minimum atomic E-state index is -4.79. The number of carbonyl (C=O) groups is 4. The molecule has 2 aliphatic rings. The number of carboxylic acids is 1. The van der Waals surface area contributed by atoms with E-state index in [1.165, 1.54) is 17.0 Å². The van der Waals surface area contributed by atoms with Gasteiger partial charge in [-0.05, 0) is 68.3 Å². The third-order valence-electron chi connectivity index (χ3n) is 8.23. The Kier molecular flexibility index (Phi) is 9.52. The van der Waals surface area contributed by atoms with Crippen molar-refractivity contribution in [2.24, 2.45) is 5.92 Å². The van der Waals surface area contributed by atoms with E-state index in [0.29, 0.717) is 37.0 Å². The Labute approximate surface area is 252 Å². The predicted octanol–water partition coefficient (Wildman–Crippen LogP) is 3.18. The van der Waals surface area contributed by atoms with Gasteiger partial charge in [-0.3, -0.25) is 14.4 Å². The number of amides is 3. The van der Waals surface area contributed by atoms with Crippen molar-refractivity contribution in [3.05, 3.63) is 65.0 Å². The van der Waals surface area contributed by atoms with Crippen LogP contribution in [0.25, 0.3) is 0 Å². The van der Waals surface area contributed by atoms with Gasteiger partial charge in [-0.15, -0.1) is 0 Å². The van der Waals surface area contributed by atoms with Gasteiger partial charge in [0.25, 0.3) is 5.91 Å². The average Bonchev–Trinajstić information content (AvgIpc) is 3.24. The van der Waals surface area contributed by atoms with Crippen LogP contribution in [0.15, 0.2) is 42.5 Å². The lowest BCUT2D eigenvalue weighted by atomic mass is 9.85. The number of benzene rings is 2. The highest BCUT2D eigenvalue weighted by atomic mass is 19.4. The third-order valence-corrected chi connectivity index (χ3v) is 8.23. The van der Waals surface area contributed by atoms with Gasteiger partial charge in [0.15, 0.2) is 0 Å². The number of nitrogens with zero attached hydrogens (tertiary/aromatic N) is 3. The van der Waals surface area contributed by atoms with E-state index in [4.69, 9.17) is 0 Å². The molecule has 3 N–H and O–H groups in total. The van der Waals surface area contributed by atoms with Crippen LogP contribution in [-0.2, 0) is 15.8 Å². The third kappa shape index (κ3) is 6.49. The van der Waals surface area contributed by atoms with Crippen molar-refractivity contribution in [2.75, 3.05) is 44.8 Å². The van der Waals surface area contributed by atoms with E-state index >= 15 is 0 Å². The molecule has 4 rings (SSSR count). The molecule has 0 bridgehead atoms. The molecule has 2 aromatic carbocycles. The van der Waals surface area contributed by atoms with Gasteiger partial charge >= 0.3 is 12.1 Å². The zero-order valence-electron chi connectivity index (χ0n) is 24.6. The van der Waals surface area contributed by atoms with Gasteiger partial charge in [0, 0.05) is 31.9 Å². The topological polar surface area (TPSA) is 122 Å². The zero-order valence-corrected chi connectivity index (χ0v) is 24.6. The zero-order chi connectivity index (χ0) is 32.4. The number of anilines is 1. The smallest absolute Gasteiger partial charge is 0.416 e. The lowest BCUT2D eigenvalue weighted by molar-refractivity contribution is -0.140. The van der Waals surface area contributed by atoms with Crippen LogP contribution in [0.3, 0.4) is 0 Å². The number of halogens is 4. The summed E-state index contributed by atoms with van der Waals surface area (Å²) in [4.78, 5) is 56.8. The summed E-state index contributed by atoms with van der Waals surface area (Å²) in [5.74, 6) is -4.46. The van der Waals surface area contributed by atoms with Crippen LogP contribution in [0.4, 0.5) is 23.2 Å². The summed E-state index contributed by atoms with van der Waals surface area (Å²) < 4.78 is 53.9. The summed E-state index contributed by atoms with van der Waals surface area (Å²) >= 11 is 0. The average molecular weight is 622 g/mol. The number of piperidine rings is 1. The molecule has 2 fully saturated rings. The standard InChI is InChI=1S/C30H35F4N5O5/c1-18(2)24(36-25(40)22-16-20(30(32,33)34)6-9-23(22)31)26(41)37-13-10-29(11-14-37)28(44)38(15-12-35-3)17-39(29)21-7-4-19(5-8-21)27(42)43/h4-9,16,18,24,35H,10-15,17H2,1-3H3,(H,36,40)(H,42,43)/t24-/m1/s1. The molecule has 238 valence electrons. The minimum absolute atomic E-state index is 0.104. The van der Waals surface area contributed by atoms with Crippen molar-refractivity contribution in [1.82, 2.24) is 20.4 Å². The molecular formula is C30H35F4N5O5. The van der Waals surface area contributed by atoms with Crippen LogP contribution in [0.5, 0.6) is 0 Å². The van der Waals surface area contributed by atoms with Crippen LogP contribution in [0.2, 0.25) is 0 Å². The molecule has 1 spiro atoms. The van der Waals surface area contributed by atoms with Crippen LogP contribution in [0, 0.1) is 11.7 Å². The van der Waals surface area contributed by atoms with E-state index in [-0.39, 0.29) is 44.1 Å². The summed E-state index contributed by atoms with van der Waals surface area (Å²) in [6.07, 6.45) is -4.29. The van der Waals surface area contributed by atoms with Crippen molar-refractivity contribution < 1.29 is 41.8 Å². The fourth-order valence-electron chi connectivity index (χ4n) is 5.70. The van der Waals surface area contributed by atoms with Crippen LogP contribution < -0.4 is 15.5 Å². The maximum absolute atomic E-state index is 14.4. The second-order valence-electron chi connectivity index (χ2n) is 11.3. The Morgan fingerprint density at radius 2 is 1.68 bits per heavy atom. The summed E-state index contributed by atoms with van der Waals surface area (Å²) in [5.41, 5.74) is -2.24. The molecule has 3 amide bonds. The highest BCUT2D eigenvalue weighted by Gasteiger charge is 2.54. The number of carboxylic acid groups (broad SMARTS) is 1. The number of aromatic carboxylic acids is 1. The van der Waals surface area contributed by atoms with Crippen LogP contribution in [-0.4, -0.2) is 90.1 Å². The summed E-state index contributed by atoms with van der Waals surface area (Å²) in [6.45, 7) is 4.86. The van der Waals surface area contributed by atoms with Gasteiger partial charge in [0.05, 0.1) is 23.4 Å². The molecule has 10 nitrogen and oxygen atoms in total. The highest BCUT2D eigenvalue weighted by molar-refractivity contribution is 5.98. The Balaban J connectivity index is 1.53. The van der Waals surface area contributed by atoms with Gasteiger partial charge in [-0.2, -0.15) is 13.2 Å². The van der Waals surface area contributed by atoms with Gasteiger partial charge in [0.2, 0.25) is 11.8 Å². The minimum Gasteiger partial charge on any atom is -0.478 e. The number of alkyl halides is 3. The number of likely N-dealkylation sites (N-methyl/N-ethyl adjacent to an activating group) is 1. The molecule has 2 aliphatic heterocycles. The number of carbonyl (C=O) groups excluding carboxylic acids is 3. The Morgan fingerprint density at radius 1 is 1.05 bits per heavy atom. The van der Waals surface area contributed by atoms with Crippen LogP contribution >= 0.6 is 0 Å². The van der Waals surface area contributed by atoms with Gasteiger partial charge in [-0.25, -0.2) is 9.18 Å². The first-order valence-electron chi connectivity index (χ1n) is 14.2. The fraction of sp³-hybridized carbons (Fsp3) is 0.467. The van der Waals surface area contributed by atoms with Gasteiger partial charge in [0.1, 0.15) is 17.4 Å². The first-order chi connectivity index (χ1) is 20.7. The quantitative estimate of drug-likeness (QED) is 0.368. The molecule has 0 unspecified atom stereocenters. The molecule has 0 radical (unpaired) electrons. The van der Waals surface area contributed by atoms with Crippen LogP contribution in [0.1, 0.15) is 53.0 Å². The first-order valence-corrected chi connectivity index (χ1v) is 14.2. The summed E-state index contributed by atoms with van der Waals surface area (Å²) in [6, 6.07) is 6.59. The molecule has 2 heterocycles. The number of nitrogens with one attached hydrogen (secondary N) is 2. The molecular weight excluding hydrogens is 586 g/mol. The predicted molar refractivity (Wildman–Crippen MR) is 152 cm³/mol. The highest BCUT2D eigenvalue weighted by Crippen LogP contribution is 2.40. The summed E-state index contributed by atoms with van der Waals surface area (Å²) in [7, 11) is 1.77. The lowest BCUT2D eigenvalue weighted by Gasteiger charge is -2.44. The second kappa shape index (κ2) is 12.8. The maximum atomic E-state index is 14.4. The maximum Gasteiger partial charge on any atom is 0.416 e. The van der Waals surface area contributed by atoms with E-state index in [0.717, 1.165) is 0 Å². The van der Waals surface area contributed by atoms with E-state index in [1.807, 2.05) is 4.90 Å². The normalized spacial score (nSPS) is 17.4. The van der Waals surface area contributed by atoms with Crippen molar-refractivity contribution in [1.29, 1.82) is 0 Å². The number of hydrogen-bond donors (Lipinski definition) is 3. The van der Waals surface area contributed by atoms with Crippen molar-refractivity contribution in [2.45, 2.75) is 44.4 Å². The molecule has 44 heavy (non-hydrogen) atoms. The number of rotatable bonds is 9. The van der Waals surface area contributed by atoms with Crippen molar-refractivity contribution in [3.63, 3.8) is 0 Å². The first kappa shape index (κ1) is 32.7. The fourth-order valence-corrected chi connectivity index (χ4v) is 5.70. The van der Waals surface area contributed by atoms with Crippen molar-refractivity contribution >= 4 is 29.4 Å². The molecule has 1 atom stereocenters. The second-order valence-corrected chi connectivity index (χ2v) is 11.3. The van der Waals surface area contributed by atoms with Gasteiger partial charge in [-0.1, -0.05) is 13.8 Å². The summed E-state index contributed by atoms with van der Waals surface area (Å²) in [5, 5.41) is 14.7. The van der Waals surface area contributed by atoms with Crippen molar-refractivity contribution in [3.8, 4) is 0 Å². The van der Waals surface area contributed by atoms with Gasteiger partial charge < -0.3 is 30.4 Å². The molecule has 0 aromatic heterocycles. The number of likely N-dealkylation sites (tertiary alicyclic amines) is 1. The molecule has 0 saturated carbocycles. The van der Waals surface area contributed by atoms with E-state index in [9.17, 15) is 41.8 Å².